The van der Waals surface area contributed by atoms with Crippen LogP contribution in [0.25, 0.3) is 0 Å². The van der Waals surface area contributed by atoms with E-state index in [1.807, 2.05) is 0 Å². The van der Waals surface area contributed by atoms with Gasteiger partial charge in [0.2, 0.25) is 0 Å². The van der Waals surface area contributed by atoms with Gasteiger partial charge in [-0.3, -0.25) is 9.59 Å². The van der Waals surface area contributed by atoms with Crippen LogP contribution in [0.2, 0.25) is 0 Å². The third-order valence-electron chi connectivity index (χ3n) is 2.46. The Labute approximate surface area is 112 Å². The SMILES string of the molecule is COC(=O)CN(C)C(=O)c1cc(F)c(F)cc1C(=O)O. The van der Waals surface area contributed by atoms with E-state index in [1.54, 1.807) is 0 Å². The molecule has 0 radical (unpaired) electrons. The molecule has 0 saturated carbocycles. The summed E-state index contributed by atoms with van der Waals surface area (Å²) >= 11 is 0. The van der Waals surface area contributed by atoms with Crippen LogP contribution in [0.15, 0.2) is 12.1 Å². The summed E-state index contributed by atoms with van der Waals surface area (Å²) < 4.78 is 30.5. The van der Waals surface area contributed by atoms with Crippen LogP contribution < -0.4 is 0 Å². The van der Waals surface area contributed by atoms with Gasteiger partial charge in [-0.2, -0.15) is 0 Å². The number of ether oxygens (including phenoxy) is 1. The molecule has 108 valence electrons. The van der Waals surface area contributed by atoms with Gasteiger partial charge >= 0.3 is 11.9 Å². The molecule has 1 aromatic carbocycles. The Morgan fingerprint density at radius 2 is 1.70 bits per heavy atom. The number of amides is 1. The fourth-order valence-electron chi connectivity index (χ4n) is 1.44. The lowest BCUT2D eigenvalue weighted by molar-refractivity contribution is -0.141. The van der Waals surface area contributed by atoms with E-state index in [1.165, 1.54) is 7.05 Å². The highest BCUT2D eigenvalue weighted by Gasteiger charge is 2.24. The summed E-state index contributed by atoms with van der Waals surface area (Å²) in [5.41, 5.74) is -1.24. The molecular weight excluding hydrogens is 276 g/mol. The second-order valence-electron chi connectivity index (χ2n) is 3.85. The van der Waals surface area contributed by atoms with Crippen molar-refractivity contribution in [2.24, 2.45) is 0 Å². The number of hydrogen-bond acceptors (Lipinski definition) is 4. The minimum absolute atomic E-state index is 0.414. The van der Waals surface area contributed by atoms with Crippen LogP contribution >= 0.6 is 0 Å². The van der Waals surface area contributed by atoms with Gasteiger partial charge in [-0.15, -0.1) is 0 Å². The molecule has 0 aliphatic heterocycles. The molecule has 0 aliphatic rings. The molecule has 0 saturated heterocycles. The molecule has 0 fully saturated rings. The second-order valence-corrected chi connectivity index (χ2v) is 3.85. The van der Waals surface area contributed by atoms with Crippen LogP contribution in [0.4, 0.5) is 8.78 Å². The van der Waals surface area contributed by atoms with E-state index < -0.39 is 47.2 Å². The fraction of sp³-hybridized carbons (Fsp3) is 0.250. The van der Waals surface area contributed by atoms with E-state index >= 15 is 0 Å². The zero-order chi connectivity index (χ0) is 15.4. The van der Waals surface area contributed by atoms with E-state index in [2.05, 4.69) is 4.74 Å². The number of esters is 1. The summed E-state index contributed by atoms with van der Waals surface area (Å²) in [7, 11) is 2.31. The van der Waals surface area contributed by atoms with Crippen molar-refractivity contribution in [3.63, 3.8) is 0 Å². The average Bonchev–Trinajstić information content (AvgIpc) is 2.39. The number of benzene rings is 1. The van der Waals surface area contributed by atoms with Crippen molar-refractivity contribution in [2.75, 3.05) is 20.7 Å². The Balaban J connectivity index is 3.18. The van der Waals surface area contributed by atoms with Crippen molar-refractivity contribution < 1.29 is 33.0 Å². The second kappa shape index (κ2) is 6.09. The van der Waals surface area contributed by atoms with E-state index in [0.29, 0.717) is 12.1 Å². The summed E-state index contributed by atoms with van der Waals surface area (Å²) in [6, 6.07) is 0.895. The first-order valence-electron chi connectivity index (χ1n) is 5.32. The normalized spacial score (nSPS) is 10.0. The zero-order valence-corrected chi connectivity index (χ0v) is 10.6. The van der Waals surface area contributed by atoms with Crippen molar-refractivity contribution in [2.45, 2.75) is 0 Å². The molecule has 0 aliphatic carbocycles. The van der Waals surface area contributed by atoms with Crippen LogP contribution in [0.5, 0.6) is 0 Å². The summed E-state index contributed by atoms with van der Waals surface area (Å²) in [6.07, 6.45) is 0. The van der Waals surface area contributed by atoms with Crippen molar-refractivity contribution >= 4 is 17.8 Å². The number of carbonyl (C=O) groups is 3. The van der Waals surface area contributed by atoms with Gasteiger partial charge in [0.25, 0.3) is 5.91 Å². The number of aromatic carboxylic acids is 1. The molecule has 6 nitrogen and oxygen atoms in total. The topological polar surface area (TPSA) is 83.9 Å². The van der Waals surface area contributed by atoms with Crippen LogP contribution in [0.3, 0.4) is 0 Å². The quantitative estimate of drug-likeness (QED) is 0.832. The Kier molecular flexibility index (Phi) is 4.73. The summed E-state index contributed by atoms with van der Waals surface area (Å²) in [5.74, 6) is -6.00. The van der Waals surface area contributed by atoms with Crippen molar-refractivity contribution in [3.8, 4) is 0 Å². The van der Waals surface area contributed by atoms with Crippen molar-refractivity contribution in [1.29, 1.82) is 0 Å². The van der Waals surface area contributed by atoms with Gasteiger partial charge in [-0.05, 0) is 12.1 Å². The van der Waals surface area contributed by atoms with Gasteiger partial charge in [0.1, 0.15) is 6.54 Å². The van der Waals surface area contributed by atoms with Gasteiger partial charge in [-0.1, -0.05) is 0 Å². The number of carbonyl (C=O) groups excluding carboxylic acids is 2. The molecule has 8 heteroatoms. The van der Waals surface area contributed by atoms with Gasteiger partial charge in [0, 0.05) is 7.05 Å². The van der Waals surface area contributed by atoms with E-state index in [9.17, 15) is 23.2 Å². The van der Waals surface area contributed by atoms with Gasteiger partial charge in [-0.25, -0.2) is 13.6 Å². The molecule has 1 rings (SSSR count). The van der Waals surface area contributed by atoms with Gasteiger partial charge in [0.15, 0.2) is 11.6 Å². The Morgan fingerprint density at radius 1 is 1.20 bits per heavy atom. The molecule has 20 heavy (non-hydrogen) atoms. The molecule has 0 aromatic heterocycles. The number of rotatable bonds is 4. The maximum atomic E-state index is 13.1. The molecule has 1 N–H and O–H groups in total. The maximum absolute atomic E-state index is 13.1. The van der Waals surface area contributed by atoms with Crippen LogP contribution in [-0.2, 0) is 9.53 Å². The van der Waals surface area contributed by atoms with E-state index in [-0.39, 0.29) is 0 Å². The average molecular weight is 287 g/mol. The highest BCUT2D eigenvalue weighted by Crippen LogP contribution is 2.17. The number of likely N-dealkylation sites (N-methyl/N-ethyl adjacent to an activating group) is 1. The Bertz CT molecular complexity index is 573. The molecule has 1 aromatic rings. The maximum Gasteiger partial charge on any atom is 0.336 e. The lowest BCUT2D eigenvalue weighted by Gasteiger charge is -2.17. The van der Waals surface area contributed by atoms with E-state index in [4.69, 9.17) is 5.11 Å². The van der Waals surface area contributed by atoms with Crippen LogP contribution in [-0.4, -0.2) is 48.6 Å². The minimum Gasteiger partial charge on any atom is -0.478 e. The monoisotopic (exact) mass is 287 g/mol. The lowest BCUT2D eigenvalue weighted by Crippen LogP contribution is -2.33. The summed E-state index contributed by atoms with van der Waals surface area (Å²) in [5, 5.41) is 8.89. The zero-order valence-electron chi connectivity index (χ0n) is 10.6. The lowest BCUT2D eigenvalue weighted by atomic mass is 10.1. The Hall–Kier alpha value is -2.51. The molecule has 0 heterocycles. The summed E-state index contributed by atoms with van der Waals surface area (Å²) in [4.78, 5) is 34.8. The molecule has 0 spiro atoms. The van der Waals surface area contributed by atoms with Crippen molar-refractivity contribution in [1.82, 2.24) is 4.90 Å². The molecule has 0 atom stereocenters. The fourth-order valence-corrected chi connectivity index (χ4v) is 1.44. The number of methoxy groups -OCH3 is 1. The smallest absolute Gasteiger partial charge is 0.336 e. The molecule has 1 amide bonds. The first-order chi connectivity index (χ1) is 9.27. The highest BCUT2D eigenvalue weighted by molar-refractivity contribution is 6.05. The van der Waals surface area contributed by atoms with Crippen LogP contribution in [0.1, 0.15) is 20.7 Å². The van der Waals surface area contributed by atoms with Gasteiger partial charge in [0.05, 0.1) is 18.2 Å². The number of halogens is 2. The predicted molar refractivity (Wildman–Crippen MR) is 62.3 cm³/mol. The van der Waals surface area contributed by atoms with Crippen molar-refractivity contribution in [3.05, 3.63) is 34.9 Å². The number of carboxylic acid groups (broad SMARTS) is 1. The number of nitrogens with zero attached hydrogens (tertiary/aromatic N) is 1. The molecule has 0 unspecified atom stereocenters. The van der Waals surface area contributed by atoms with E-state index in [0.717, 1.165) is 12.0 Å². The van der Waals surface area contributed by atoms with Crippen LogP contribution in [0, 0.1) is 11.6 Å². The molecular formula is C12H11F2NO5. The largest absolute Gasteiger partial charge is 0.478 e. The minimum atomic E-state index is -1.58. The standard InChI is InChI=1S/C12H11F2NO5/c1-15(5-10(16)20-2)11(17)6-3-8(13)9(14)4-7(6)12(18)19/h3-4H,5H2,1-2H3,(H,18,19). The number of hydrogen-bond donors (Lipinski definition) is 1. The van der Waals surface area contributed by atoms with Gasteiger partial charge < -0.3 is 14.7 Å². The molecule has 0 bridgehead atoms. The first kappa shape index (κ1) is 15.5. The first-order valence-corrected chi connectivity index (χ1v) is 5.32. The predicted octanol–water partition coefficient (Wildman–Crippen LogP) is 0.908. The Morgan fingerprint density at radius 3 is 2.15 bits per heavy atom. The number of carboxylic acids is 1. The third kappa shape index (κ3) is 3.28. The third-order valence-corrected chi connectivity index (χ3v) is 2.46. The summed E-state index contributed by atoms with van der Waals surface area (Å²) in [6.45, 7) is -0.451. The highest BCUT2D eigenvalue weighted by atomic mass is 19.2.